The number of benzene rings is 2. The number of nitrogens with zero attached hydrogens (tertiary/aromatic N) is 3. The van der Waals surface area contributed by atoms with Crippen LogP contribution in [0.5, 0.6) is 0 Å². The van der Waals surface area contributed by atoms with Gasteiger partial charge in [0.1, 0.15) is 5.82 Å². The van der Waals surface area contributed by atoms with Gasteiger partial charge in [0.25, 0.3) is 0 Å². The van der Waals surface area contributed by atoms with Crippen molar-refractivity contribution in [2.24, 2.45) is 5.92 Å². The van der Waals surface area contributed by atoms with Crippen LogP contribution in [-0.4, -0.2) is 22.0 Å². The Morgan fingerprint density at radius 3 is 2.67 bits per heavy atom. The third-order valence-corrected chi connectivity index (χ3v) is 5.57. The maximum Gasteiger partial charge on any atom is 0.227 e. The van der Waals surface area contributed by atoms with Crippen molar-refractivity contribution in [1.29, 1.82) is 0 Å². The van der Waals surface area contributed by atoms with Crippen LogP contribution in [0.2, 0.25) is 5.02 Å². The molecule has 0 N–H and O–H groups in total. The van der Waals surface area contributed by atoms with Gasteiger partial charge in [0.15, 0.2) is 0 Å². The molecule has 4 rings (SSSR count). The van der Waals surface area contributed by atoms with Crippen LogP contribution in [0, 0.1) is 5.92 Å². The highest BCUT2D eigenvalue weighted by molar-refractivity contribution is 6.33. The van der Waals surface area contributed by atoms with Crippen molar-refractivity contribution in [2.45, 2.75) is 39.2 Å². The highest BCUT2D eigenvalue weighted by atomic mass is 35.5. The van der Waals surface area contributed by atoms with Crippen LogP contribution in [0.1, 0.15) is 38.4 Å². The Morgan fingerprint density at radius 1 is 1.15 bits per heavy atom. The van der Waals surface area contributed by atoms with E-state index in [1.54, 1.807) is 4.90 Å². The monoisotopic (exact) mass is 381 g/mol. The second kappa shape index (κ2) is 7.35. The Balaban J connectivity index is 1.69. The maximum absolute atomic E-state index is 12.7. The Labute approximate surface area is 164 Å². The first-order valence-corrected chi connectivity index (χ1v) is 9.92. The zero-order valence-corrected chi connectivity index (χ0v) is 16.5. The summed E-state index contributed by atoms with van der Waals surface area (Å²) in [4.78, 5) is 19.4. The summed E-state index contributed by atoms with van der Waals surface area (Å²) in [7, 11) is 0. The molecule has 1 fully saturated rings. The number of anilines is 1. The molecule has 1 aromatic heterocycles. The lowest BCUT2D eigenvalue weighted by atomic mass is 10.1. The van der Waals surface area contributed by atoms with Gasteiger partial charge in [-0.05, 0) is 36.6 Å². The summed E-state index contributed by atoms with van der Waals surface area (Å²) in [6.07, 6.45) is 1.55. The van der Waals surface area contributed by atoms with Gasteiger partial charge in [-0.3, -0.25) is 4.79 Å². The number of imidazole rings is 1. The molecule has 1 atom stereocenters. The largest absolute Gasteiger partial charge is 0.328 e. The van der Waals surface area contributed by atoms with E-state index in [9.17, 15) is 4.79 Å². The average molecular weight is 382 g/mol. The van der Waals surface area contributed by atoms with Crippen molar-refractivity contribution in [1.82, 2.24) is 9.55 Å². The Hall–Kier alpha value is -2.33. The van der Waals surface area contributed by atoms with Crippen LogP contribution in [-0.2, 0) is 11.3 Å². The molecule has 1 aliphatic rings. The topological polar surface area (TPSA) is 38.1 Å². The van der Waals surface area contributed by atoms with Crippen LogP contribution in [0.25, 0.3) is 11.0 Å². The summed E-state index contributed by atoms with van der Waals surface area (Å²) in [6.45, 7) is 6.01. The van der Waals surface area contributed by atoms with Crippen LogP contribution < -0.4 is 4.90 Å². The molecular weight excluding hydrogens is 358 g/mol. The summed E-state index contributed by atoms with van der Waals surface area (Å²) in [6, 6.07) is 15.8. The number of hydrogen-bond donors (Lipinski definition) is 0. The molecule has 1 aliphatic heterocycles. The minimum absolute atomic E-state index is 0.0772. The molecule has 4 nitrogen and oxygen atoms in total. The maximum atomic E-state index is 12.7. The van der Waals surface area contributed by atoms with Gasteiger partial charge in [-0.2, -0.15) is 0 Å². The number of aryl methyl sites for hydroxylation is 1. The minimum atomic E-state index is 0.0772. The van der Waals surface area contributed by atoms with Gasteiger partial charge >= 0.3 is 0 Å². The van der Waals surface area contributed by atoms with Crippen molar-refractivity contribution in [3.05, 3.63) is 59.4 Å². The van der Waals surface area contributed by atoms with Gasteiger partial charge < -0.3 is 9.47 Å². The van der Waals surface area contributed by atoms with E-state index in [0.717, 1.165) is 35.5 Å². The highest BCUT2D eigenvalue weighted by Crippen LogP contribution is 2.36. The quantitative estimate of drug-likeness (QED) is 0.604. The molecular formula is C22H24ClN3O. The molecule has 140 valence electrons. The molecule has 5 heteroatoms. The number of para-hydroxylation sites is 3. The first-order valence-electron chi connectivity index (χ1n) is 9.54. The van der Waals surface area contributed by atoms with E-state index in [0.29, 0.717) is 23.9 Å². The summed E-state index contributed by atoms with van der Waals surface area (Å²) >= 11 is 6.33. The van der Waals surface area contributed by atoms with Gasteiger partial charge in [0.2, 0.25) is 5.91 Å². The first-order chi connectivity index (χ1) is 13.0. The summed E-state index contributed by atoms with van der Waals surface area (Å²) in [5.74, 6) is 1.81. The van der Waals surface area contributed by atoms with Crippen molar-refractivity contribution in [3.8, 4) is 0 Å². The zero-order chi connectivity index (χ0) is 19.0. The smallest absolute Gasteiger partial charge is 0.227 e. The molecule has 3 aromatic rings. The fourth-order valence-electron chi connectivity index (χ4n) is 3.81. The number of fused-ring (bicyclic) bond motifs is 1. The summed E-state index contributed by atoms with van der Waals surface area (Å²) < 4.78 is 2.31. The molecule has 27 heavy (non-hydrogen) atoms. The van der Waals surface area contributed by atoms with Gasteiger partial charge in [0, 0.05) is 25.4 Å². The molecule has 2 heterocycles. The van der Waals surface area contributed by atoms with Crippen LogP contribution >= 0.6 is 11.6 Å². The number of aromatic nitrogens is 2. The Kier molecular flexibility index (Phi) is 4.92. The number of carbonyl (C=O) groups excluding carboxylic acids is 1. The van der Waals surface area contributed by atoms with E-state index in [4.69, 9.17) is 16.6 Å². The molecule has 0 radical (unpaired) electrons. The lowest BCUT2D eigenvalue weighted by Gasteiger charge is -2.18. The zero-order valence-electron chi connectivity index (χ0n) is 15.7. The van der Waals surface area contributed by atoms with Crippen molar-refractivity contribution >= 4 is 34.2 Å². The molecule has 0 aliphatic carbocycles. The fraction of sp³-hybridized carbons (Fsp3) is 0.364. The predicted octanol–water partition coefficient (Wildman–Crippen LogP) is 5.26. The number of rotatable bonds is 5. The third-order valence-electron chi connectivity index (χ3n) is 5.25. The van der Waals surface area contributed by atoms with E-state index in [-0.39, 0.29) is 11.8 Å². The molecule has 1 saturated heterocycles. The number of amides is 1. The van der Waals surface area contributed by atoms with E-state index in [2.05, 4.69) is 30.5 Å². The third kappa shape index (κ3) is 3.46. The molecule has 0 bridgehead atoms. The van der Waals surface area contributed by atoms with Crippen LogP contribution in [0.3, 0.4) is 0 Å². The summed E-state index contributed by atoms with van der Waals surface area (Å²) in [5.41, 5.74) is 2.94. The Morgan fingerprint density at radius 2 is 1.89 bits per heavy atom. The number of hydrogen-bond acceptors (Lipinski definition) is 2. The Bertz CT molecular complexity index is 979. The lowest BCUT2D eigenvalue weighted by molar-refractivity contribution is -0.117. The van der Waals surface area contributed by atoms with Gasteiger partial charge in [-0.15, -0.1) is 0 Å². The van der Waals surface area contributed by atoms with Gasteiger partial charge in [0.05, 0.1) is 21.7 Å². The standard InChI is InChI=1S/C22H24ClN3O/c1-15(2)11-12-25-20-10-6-4-8-18(20)24-22(25)16-13-21(27)26(14-16)19-9-5-3-7-17(19)23/h3-10,15-16H,11-14H2,1-2H3. The lowest BCUT2D eigenvalue weighted by Crippen LogP contribution is -2.24. The molecule has 0 saturated carbocycles. The number of carbonyl (C=O) groups is 1. The van der Waals surface area contributed by atoms with Crippen molar-refractivity contribution in [3.63, 3.8) is 0 Å². The highest BCUT2D eigenvalue weighted by Gasteiger charge is 2.35. The first kappa shape index (κ1) is 18.1. The second-order valence-corrected chi connectivity index (χ2v) is 8.06. The van der Waals surface area contributed by atoms with Gasteiger partial charge in [-0.1, -0.05) is 49.7 Å². The summed E-state index contributed by atoms with van der Waals surface area (Å²) in [5, 5.41) is 0.611. The molecule has 1 unspecified atom stereocenters. The van der Waals surface area contributed by atoms with Crippen molar-refractivity contribution < 1.29 is 4.79 Å². The average Bonchev–Trinajstić information content (AvgIpc) is 3.21. The number of halogens is 1. The predicted molar refractivity (Wildman–Crippen MR) is 110 cm³/mol. The van der Waals surface area contributed by atoms with Crippen LogP contribution in [0.4, 0.5) is 5.69 Å². The van der Waals surface area contributed by atoms with Crippen molar-refractivity contribution in [2.75, 3.05) is 11.4 Å². The van der Waals surface area contributed by atoms with E-state index >= 15 is 0 Å². The fourth-order valence-corrected chi connectivity index (χ4v) is 4.05. The van der Waals surface area contributed by atoms with Crippen LogP contribution in [0.15, 0.2) is 48.5 Å². The van der Waals surface area contributed by atoms with Gasteiger partial charge in [-0.25, -0.2) is 4.98 Å². The minimum Gasteiger partial charge on any atom is -0.328 e. The van der Waals surface area contributed by atoms with E-state index < -0.39 is 0 Å². The SMILES string of the molecule is CC(C)CCn1c(C2CC(=O)N(c3ccccc3Cl)C2)nc2ccccc21. The molecule has 1 amide bonds. The molecule has 0 spiro atoms. The normalized spacial score (nSPS) is 17.4. The van der Waals surface area contributed by atoms with E-state index in [1.165, 1.54) is 0 Å². The second-order valence-electron chi connectivity index (χ2n) is 7.65. The van der Waals surface area contributed by atoms with E-state index in [1.807, 2.05) is 36.4 Å². The molecule has 2 aromatic carbocycles.